The van der Waals surface area contributed by atoms with Crippen molar-refractivity contribution in [3.8, 4) is 17.2 Å². The number of phenolic OH excluding ortho intramolecular Hbond substituents is 3. The van der Waals surface area contributed by atoms with Crippen molar-refractivity contribution in [2.45, 2.75) is 52.0 Å². The Morgan fingerprint density at radius 2 is 1.80 bits per heavy atom. The molecule has 3 N–H and O–H groups in total. The lowest BCUT2D eigenvalue weighted by molar-refractivity contribution is 0.367. The van der Waals surface area contributed by atoms with Crippen LogP contribution in [-0.2, 0) is 0 Å². The smallest absolute Gasteiger partial charge is 0.206 e. The largest absolute Gasteiger partial charge is 0.504 e. The molecule has 0 unspecified atom stereocenters. The molecule has 0 radical (unpaired) electrons. The van der Waals surface area contributed by atoms with E-state index in [1.54, 1.807) is 16.0 Å². The van der Waals surface area contributed by atoms with Crippen molar-refractivity contribution >= 4 is 17.6 Å². The number of aromatic nitrogens is 1. The van der Waals surface area contributed by atoms with Crippen LogP contribution in [0.25, 0.3) is 0 Å². The fraction of sp³-hybridized carbons (Fsp3) is 0.444. The van der Waals surface area contributed by atoms with Gasteiger partial charge in [0, 0.05) is 10.4 Å². The molecule has 0 spiro atoms. The Morgan fingerprint density at radius 1 is 1.08 bits per heavy atom. The molecule has 1 saturated carbocycles. The van der Waals surface area contributed by atoms with E-state index in [0.717, 1.165) is 28.2 Å². The number of hydrogen-bond donors (Lipinski definition) is 3. The lowest BCUT2D eigenvalue weighted by atomic mass is 9.96. The van der Waals surface area contributed by atoms with E-state index in [0.29, 0.717) is 11.6 Å². The van der Waals surface area contributed by atoms with Crippen LogP contribution in [0, 0.1) is 13.8 Å². The van der Waals surface area contributed by atoms with Gasteiger partial charge >= 0.3 is 0 Å². The van der Waals surface area contributed by atoms with Crippen LogP contribution in [0.5, 0.6) is 17.2 Å². The summed E-state index contributed by atoms with van der Waals surface area (Å²) in [5.41, 5.74) is 1.33. The highest BCUT2D eigenvalue weighted by Gasteiger charge is 2.14. The maximum Gasteiger partial charge on any atom is 0.206 e. The summed E-state index contributed by atoms with van der Waals surface area (Å²) < 4.78 is 1.78. The van der Waals surface area contributed by atoms with Crippen molar-refractivity contribution in [3.05, 3.63) is 33.1 Å². The van der Waals surface area contributed by atoms with Gasteiger partial charge in [0.15, 0.2) is 11.5 Å². The number of hydrogen-bond acceptors (Lipinski definition) is 6. The van der Waals surface area contributed by atoms with Gasteiger partial charge in [-0.05, 0) is 38.8 Å². The molecule has 3 rings (SSSR count). The SMILES string of the molecule is Cc1sc(=NC2CCCCC2)n(N=Cc2ccc(O)c(O)c2O)c1C. The summed E-state index contributed by atoms with van der Waals surface area (Å²) in [6.45, 7) is 4.02. The molecule has 1 aromatic heterocycles. The zero-order valence-corrected chi connectivity index (χ0v) is 15.3. The average Bonchev–Trinajstić information content (AvgIpc) is 2.87. The molecular weight excluding hydrogens is 338 g/mol. The third kappa shape index (κ3) is 3.71. The standard InChI is InChI=1S/C18H23N3O3S/c1-11-12(2)25-18(20-14-6-4-3-5-7-14)21(11)19-10-13-8-9-15(22)17(24)16(13)23/h8-10,14,22-24H,3-7H2,1-2H3. The Balaban J connectivity index is 1.97. The number of rotatable bonds is 3. The van der Waals surface area contributed by atoms with E-state index in [1.165, 1.54) is 37.6 Å². The highest BCUT2D eigenvalue weighted by Crippen LogP contribution is 2.36. The molecule has 0 aliphatic heterocycles. The van der Waals surface area contributed by atoms with Gasteiger partial charge in [-0.2, -0.15) is 5.10 Å². The Bertz CT molecular complexity index is 861. The van der Waals surface area contributed by atoms with Gasteiger partial charge in [-0.15, -0.1) is 11.3 Å². The van der Waals surface area contributed by atoms with E-state index < -0.39 is 5.75 Å². The van der Waals surface area contributed by atoms with E-state index in [2.05, 4.69) is 5.10 Å². The van der Waals surface area contributed by atoms with Gasteiger partial charge < -0.3 is 15.3 Å². The van der Waals surface area contributed by atoms with Gasteiger partial charge in [0.2, 0.25) is 10.6 Å². The molecule has 1 fully saturated rings. The molecule has 2 aromatic rings. The van der Waals surface area contributed by atoms with Gasteiger partial charge in [0.05, 0.1) is 18.0 Å². The number of thiazole rings is 1. The summed E-state index contributed by atoms with van der Waals surface area (Å²) in [7, 11) is 0. The van der Waals surface area contributed by atoms with Crippen LogP contribution in [0.4, 0.5) is 0 Å². The van der Waals surface area contributed by atoms with E-state index in [9.17, 15) is 15.3 Å². The molecular formula is C18H23N3O3S. The summed E-state index contributed by atoms with van der Waals surface area (Å²) in [5, 5.41) is 33.4. The quantitative estimate of drug-likeness (QED) is 0.578. The highest BCUT2D eigenvalue weighted by molar-refractivity contribution is 7.09. The van der Waals surface area contributed by atoms with Crippen LogP contribution in [0.2, 0.25) is 0 Å². The van der Waals surface area contributed by atoms with Gasteiger partial charge in [-0.25, -0.2) is 4.68 Å². The summed E-state index contributed by atoms with van der Waals surface area (Å²) in [6, 6.07) is 3.17. The van der Waals surface area contributed by atoms with Crippen molar-refractivity contribution in [2.75, 3.05) is 0 Å². The Morgan fingerprint density at radius 3 is 2.52 bits per heavy atom. The van der Waals surface area contributed by atoms with Crippen LogP contribution in [0.1, 0.15) is 48.2 Å². The zero-order chi connectivity index (χ0) is 18.0. The van der Waals surface area contributed by atoms with Crippen LogP contribution < -0.4 is 4.80 Å². The van der Waals surface area contributed by atoms with Gasteiger partial charge in [-0.3, -0.25) is 4.99 Å². The normalized spacial score (nSPS) is 16.8. The molecule has 7 heteroatoms. The molecule has 0 amide bonds. The van der Waals surface area contributed by atoms with Crippen molar-refractivity contribution in [3.63, 3.8) is 0 Å². The maximum absolute atomic E-state index is 9.93. The number of benzene rings is 1. The van der Waals surface area contributed by atoms with Crippen molar-refractivity contribution < 1.29 is 15.3 Å². The maximum atomic E-state index is 9.93. The first-order valence-corrected chi connectivity index (χ1v) is 9.30. The van der Waals surface area contributed by atoms with E-state index in [4.69, 9.17) is 4.99 Å². The van der Waals surface area contributed by atoms with Crippen LogP contribution in [0.3, 0.4) is 0 Å². The van der Waals surface area contributed by atoms with E-state index >= 15 is 0 Å². The molecule has 6 nitrogen and oxygen atoms in total. The van der Waals surface area contributed by atoms with E-state index in [-0.39, 0.29) is 11.5 Å². The zero-order valence-electron chi connectivity index (χ0n) is 14.4. The lowest BCUT2D eigenvalue weighted by Gasteiger charge is -2.16. The average molecular weight is 361 g/mol. The van der Waals surface area contributed by atoms with Gasteiger partial charge in [0.1, 0.15) is 0 Å². The number of aromatic hydroxyl groups is 3. The molecule has 25 heavy (non-hydrogen) atoms. The molecule has 1 aliphatic carbocycles. The molecule has 0 atom stereocenters. The van der Waals surface area contributed by atoms with Gasteiger partial charge in [-0.1, -0.05) is 19.3 Å². The monoisotopic (exact) mass is 361 g/mol. The van der Waals surface area contributed by atoms with E-state index in [1.807, 2.05) is 13.8 Å². The fourth-order valence-corrected chi connectivity index (χ4v) is 3.92. The first-order valence-electron chi connectivity index (χ1n) is 8.48. The molecule has 0 saturated heterocycles. The summed E-state index contributed by atoms with van der Waals surface area (Å²) in [4.78, 5) is 6.87. The van der Waals surface area contributed by atoms with Crippen LogP contribution in [0.15, 0.2) is 22.2 Å². The minimum Gasteiger partial charge on any atom is -0.504 e. The van der Waals surface area contributed by atoms with Crippen molar-refractivity contribution in [1.29, 1.82) is 0 Å². The summed E-state index contributed by atoms with van der Waals surface area (Å²) in [5.74, 6) is -1.29. The topological polar surface area (TPSA) is 90.3 Å². The summed E-state index contributed by atoms with van der Waals surface area (Å²) in [6.07, 6.45) is 7.44. The number of aryl methyl sites for hydroxylation is 1. The minimum absolute atomic E-state index is 0.328. The Hall–Kier alpha value is -2.28. The lowest BCUT2D eigenvalue weighted by Crippen LogP contribution is -2.19. The second-order valence-corrected chi connectivity index (χ2v) is 7.56. The molecule has 1 heterocycles. The summed E-state index contributed by atoms with van der Waals surface area (Å²) >= 11 is 1.61. The third-order valence-electron chi connectivity index (χ3n) is 4.59. The van der Waals surface area contributed by atoms with Gasteiger partial charge in [0.25, 0.3) is 0 Å². The predicted molar refractivity (Wildman–Crippen MR) is 98.6 cm³/mol. The molecule has 0 bridgehead atoms. The van der Waals surface area contributed by atoms with Crippen LogP contribution >= 0.6 is 11.3 Å². The first kappa shape index (κ1) is 17.5. The number of nitrogens with zero attached hydrogens (tertiary/aromatic N) is 3. The highest BCUT2D eigenvalue weighted by atomic mass is 32.1. The third-order valence-corrected chi connectivity index (χ3v) is 5.66. The van der Waals surface area contributed by atoms with Crippen LogP contribution in [-0.4, -0.2) is 32.3 Å². The first-order chi connectivity index (χ1) is 12.0. The predicted octanol–water partition coefficient (Wildman–Crippen LogP) is 3.40. The Labute approximate surface area is 150 Å². The Kier molecular flexibility index (Phi) is 5.13. The van der Waals surface area contributed by atoms with Crippen molar-refractivity contribution in [2.24, 2.45) is 10.1 Å². The fourth-order valence-electron chi connectivity index (χ4n) is 2.94. The second kappa shape index (κ2) is 7.31. The van der Waals surface area contributed by atoms with Crippen molar-refractivity contribution in [1.82, 2.24) is 4.68 Å². The minimum atomic E-state index is -0.542. The molecule has 1 aliphatic rings. The molecule has 1 aromatic carbocycles. The number of phenols is 3. The second-order valence-electron chi connectivity index (χ2n) is 6.37. The molecule has 134 valence electrons.